The Bertz CT molecular complexity index is 399. The molecule has 1 fully saturated rings. The topological polar surface area (TPSA) is 54.5 Å². The first-order valence-corrected chi connectivity index (χ1v) is 6.49. The number of aryl methyl sites for hydroxylation is 1. The summed E-state index contributed by atoms with van der Waals surface area (Å²) in [6.07, 6.45) is 0. The molecule has 6 heteroatoms. The van der Waals surface area contributed by atoms with E-state index in [4.69, 9.17) is 4.74 Å². The van der Waals surface area contributed by atoms with Crippen molar-refractivity contribution in [3.63, 3.8) is 0 Å². The Labute approximate surface area is 105 Å². The normalized spacial score (nSPS) is 16.2. The summed E-state index contributed by atoms with van der Waals surface area (Å²) in [6, 6.07) is 0. The van der Waals surface area contributed by atoms with Crippen LogP contribution in [0.4, 0.5) is 0 Å². The van der Waals surface area contributed by atoms with Gasteiger partial charge in [-0.3, -0.25) is 4.79 Å². The highest BCUT2D eigenvalue weighted by Crippen LogP contribution is 2.20. The van der Waals surface area contributed by atoms with Crippen LogP contribution in [0.5, 0.6) is 0 Å². The average molecular weight is 255 g/mol. The fourth-order valence-electron chi connectivity index (χ4n) is 1.85. The van der Waals surface area contributed by atoms with Gasteiger partial charge in [-0.15, -0.1) is 11.3 Å². The third-order valence-electron chi connectivity index (χ3n) is 2.71. The predicted molar refractivity (Wildman–Crippen MR) is 66.3 cm³/mol. The van der Waals surface area contributed by atoms with Crippen molar-refractivity contribution in [2.24, 2.45) is 0 Å². The molecule has 0 saturated carbocycles. The molecule has 0 radical (unpaired) electrons. The lowest BCUT2D eigenvalue weighted by atomic mass is 10.3. The molecular weight excluding hydrogens is 238 g/mol. The molecule has 1 aromatic heterocycles. The van der Waals surface area contributed by atoms with Gasteiger partial charge < -0.3 is 15.0 Å². The Morgan fingerprint density at radius 3 is 2.88 bits per heavy atom. The number of carbonyl (C=O) groups excluding carboxylic acids is 1. The van der Waals surface area contributed by atoms with Gasteiger partial charge in [-0.05, 0) is 6.92 Å². The van der Waals surface area contributed by atoms with Crippen molar-refractivity contribution in [3.05, 3.63) is 15.6 Å². The molecule has 1 aliphatic rings. The number of piperazine rings is 1. The van der Waals surface area contributed by atoms with Gasteiger partial charge in [0.15, 0.2) is 0 Å². The first kappa shape index (κ1) is 12.5. The molecule has 1 saturated heterocycles. The minimum Gasteiger partial charge on any atom is -0.378 e. The molecule has 17 heavy (non-hydrogen) atoms. The predicted octanol–water partition coefficient (Wildman–Crippen LogP) is 0.643. The number of nitrogens with zero attached hydrogens (tertiary/aromatic N) is 2. The molecule has 1 amide bonds. The van der Waals surface area contributed by atoms with Gasteiger partial charge in [0.2, 0.25) is 0 Å². The Hall–Kier alpha value is -0.980. The molecule has 2 heterocycles. The van der Waals surface area contributed by atoms with Crippen LogP contribution in [-0.4, -0.2) is 49.1 Å². The molecule has 0 aliphatic carbocycles. The van der Waals surface area contributed by atoms with Gasteiger partial charge in [-0.25, -0.2) is 4.98 Å². The van der Waals surface area contributed by atoms with Crippen LogP contribution < -0.4 is 5.32 Å². The highest BCUT2D eigenvalue weighted by molar-refractivity contribution is 7.13. The molecule has 2 rings (SSSR count). The number of methoxy groups -OCH3 is 1. The minimum atomic E-state index is 0.101. The number of carbonyl (C=O) groups is 1. The number of rotatable bonds is 3. The van der Waals surface area contributed by atoms with Crippen molar-refractivity contribution in [2.45, 2.75) is 13.5 Å². The monoisotopic (exact) mass is 255 g/mol. The van der Waals surface area contributed by atoms with E-state index in [2.05, 4.69) is 10.3 Å². The smallest absolute Gasteiger partial charge is 0.265 e. The van der Waals surface area contributed by atoms with Crippen LogP contribution in [0.2, 0.25) is 0 Å². The Balaban J connectivity index is 2.12. The number of amides is 1. The Morgan fingerprint density at radius 2 is 2.24 bits per heavy atom. The van der Waals surface area contributed by atoms with E-state index in [1.165, 1.54) is 11.3 Å². The quantitative estimate of drug-likeness (QED) is 0.861. The summed E-state index contributed by atoms with van der Waals surface area (Å²) in [5.74, 6) is 0.101. The van der Waals surface area contributed by atoms with Gasteiger partial charge in [-0.1, -0.05) is 0 Å². The van der Waals surface area contributed by atoms with Crippen LogP contribution in [0.25, 0.3) is 0 Å². The van der Waals surface area contributed by atoms with Crippen LogP contribution >= 0.6 is 11.3 Å². The summed E-state index contributed by atoms with van der Waals surface area (Å²) in [6.45, 7) is 5.64. The highest BCUT2D eigenvalue weighted by atomic mass is 32.1. The molecule has 0 spiro atoms. The first-order chi connectivity index (χ1) is 8.22. The van der Waals surface area contributed by atoms with Gasteiger partial charge in [0.05, 0.1) is 12.3 Å². The first-order valence-electron chi connectivity index (χ1n) is 5.67. The minimum absolute atomic E-state index is 0.101. The van der Waals surface area contributed by atoms with E-state index in [1.54, 1.807) is 7.11 Å². The second-order valence-electron chi connectivity index (χ2n) is 4.00. The molecule has 0 unspecified atom stereocenters. The Kier molecular flexibility index (Phi) is 4.09. The van der Waals surface area contributed by atoms with Crippen molar-refractivity contribution >= 4 is 17.2 Å². The maximum Gasteiger partial charge on any atom is 0.265 e. The zero-order chi connectivity index (χ0) is 12.3. The zero-order valence-corrected chi connectivity index (χ0v) is 11.0. The SMILES string of the molecule is COCc1nc(C)c(C(=O)N2CCNCC2)s1. The molecule has 0 bridgehead atoms. The van der Waals surface area contributed by atoms with Crippen molar-refractivity contribution in [3.8, 4) is 0 Å². The number of thiazole rings is 1. The van der Waals surface area contributed by atoms with Crippen molar-refractivity contribution in [1.82, 2.24) is 15.2 Å². The van der Waals surface area contributed by atoms with Crippen molar-refractivity contribution < 1.29 is 9.53 Å². The third kappa shape index (κ3) is 2.83. The maximum atomic E-state index is 12.3. The Morgan fingerprint density at radius 1 is 1.53 bits per heavy atom. The van der Waals surface area contributed by atoms with Crippen LogP contribution in [0.1, 0.15) is 20.4 Å². The maximum absolute atomic E-state index is 12.3. The number of hydrogen-bond donors (Lipinski definition) is 1. The molecule has 0 aromatic carbocycles. The summed E-state index contributed by atoms with van der Waals surface area (Å²) in [7, 11) is 1.63. The van der Waals surface area contributed by atoms with E-state index in [-0.39, 0.29) is 5.91 Å². The van der Waals surface area contributed by atoms with Gasteiger partial charge in [0, 0.05) is 33.3 Å². The molecule has 1 N–H and O–H groups in total. The van der Waals surface area contributed by atoms with E-state index in [0.29, 0.717) is 6.61 Å². The van der Waals surface area contributed by atoms with Crippen molar-refractivity contribution in [1.29, 1.82) is 0 Å². The van der Waals surface area contributed by atoms with Crippen LogP contribution in [0, 0.1) is 6.92 Å². The van der Waals surface area contributed by atoms with Gasteiger partial charge in [-0.2, -0.15) is 0 Å². The fourth-order valence-corrected chi connectivity index (χ4v) is 2.85. The summed E-state index contributed by atoms with van der Waals surface area (Å²) in [5.41, 5.74) is 0.811. The fraction of sp³-hybridized carbons (Fsp3) is 0.636. The molecular formula is C11H17N3O2S. The average Bonchev–Trinajstić information content (AvgIpc) is 2.71. The molecule has 0 atom stereocenters. The lowest BCUT2D eigenvalue weighted by Gasteiger charge is -2.27. The lowest BCUT2D eigenvalue weighted by Crippen LogP contribution is -2.46. The summed E-state index contributed by atoms with van der Waals surface area (Å²) >= 11 is 1.44. The number of nitrogens with one attached hydrogen (secondary N) is 1. The van der Waals surface area contributed by atoms with Gasteiger partial charge >= 0.3 is 0 Å². The number of aromatic nitrogens is 1. The summed E-state index contributed by atoms with van der Waals surface area (Å²) < 4.78 is 5.03. The second-order valence-corrected chi connectivity index (χ2v) is 5.08. The molecule has 1 aromatic rings. The molecule has 94 valence electrons. The van der Waals surface area contributed by atoms with Gasteiger partial charge in [0.25, 0.3) is 5.91 Å². The van der Waals surface area contributed by atoms with Crippen molar-refractivity contribution in [2.75, 3.05) is 33.3 Å². The van der Waals surface area contributed by atoms with E-state index < -0.39 is 0 Å². The molecule has 1 aliphatic heterocycles. The standard InChI is InChI=1S/C11H17N3O2S/c1-8-10(17-9(13-8)7-16-2)11(15)14-5-3-12-4-6-14/h12H,3-7H2,1-2H3. The van der Waals surface area contributed by atoms with E-state index in [9.17, 15) is 4.79 Å². The largest absolute Gasteiger partial charge is 0.378 e. The van der Waals surface area contributed by atoms with Crippen LogP contribution in [-0.2, 0) is 11.3 Å². The third-order valence-corrected chi connectivity index (χ3v) is 3.83. The summed E-state index contributed by atoms with van der Waals surface area (Å²) in [4.78, 5) is 19.2. The van der Waals surface area contributed by atoms with E-state index >= 15 is 0 Å². The zero-order valence-electron chi connectivity index (χ0n) is 10.2. The van der Waals surface area contributed by atoms with Crippen LogP contribution in [0.3, 0.4) is 0 Å². The molecule has 5 nitrogen and oxygen atoms in total. The van der Waals surface area contributed by atoms with E-state index in [0.717, 1.165) is 41.8 Å². The lowest BCUT2D eigenvalue weighted by molar-refractivity contribution is 0.0740. The number of hydrogen-bond acceptors (Lipinski definition) is 5. The second kappa shape index (κ2) is 5.57. The van der Waals surface area contributed by atoms with Gasteiger partial charge in [0.1, 0.15) is 9.88 Å². The van der Waals surface area contributed by atoms with Crippen LogP contribution in [0.15, 0.2) is 0 Å². The number of ether oxygens (including phenoxy) is 1. The summed E-state index contributed by atoms with van der Waals surface area (Å²) in [5, 5.41) is 4.10. The highest BCUT2D eigenvalue weighted by Gasteiger charge is 2.22. The van der Waals surface area contributed by atoms with E-state index in [1.807, 2.05) is 11.8 Å².